The highest BCUT2D eigenvalue weighted by Crippen LogP contribution is 2.09. The number of nitrogens with one attached hydrogen (secondary N) is 2. The monoisotopic (exact) mass is 204 g/mol. The van der Waals surface area contributed by atoms with E-state index < -0.39 is 0 Å². The van der Waals surface area contributed by atoms with Gasteiger partial charge >= 0.3 is 0 Å². The fourth-order valence-corrected chi connectivity index (χ4v) is 1.51. The molecular weight excluding hydrogens is 188 g/mol. The molecule has 0 atom stereocenters. The molecule has 0 bridgehead atoms. The van der Waals surface area contributed by atoms with Crippen LogP contribution in [0.3, 0.4) is 0 Å². The molecule has 0 saturated carbocycles. The van der Waals surface area contributed by atoms with E-state index in [1.165, 1.54) is 10.9 Å². The Labute approximate surface area is 89.4 Å². The van der Waals surface area contributed by atoms with Crippen molar-refractivity contribution in [3.05, 3.63) is 36.5 Å². The maximum absolute atomic E-state index is 5.01. The molecule has 3 nitrogen and oxygen atoms in total. The zero-order valence-corrected chi connectivity index (χ0v) is 8.70. The van der Waals surface area contributed by atoms with E-state index in [-0.39, 0.29) is 0 Å². The molecule has 3 heteroatoms. The van der Waals surface area contributed by atoms with Crippen LogP contribution in [-0.2, 0) is 4.74 Å². The Hall–Kier alpha value is -1.32. The minimum absolute atomic E-state index is 0.889. The highest BCUT2D eigenvalue weighted by molar-refractivity contribution is 5.78. The normalized spacial score (nSPS) is 15.7. The van der Waals surface area contributed by atoms with Gasteiger partial charge in [0.1, 0.15) is 0 Å². The minimum Gasteiger partial charge on any atom is -0.379 e. The van der Waals surface area contributed by atoms with E-state index in [2.05, 4.69) is 28.5 Å². The van der Waals surface area contributed by atoms with Gasteiger partial charge in [0.25, 0.3) is 0 Å². The molecule has 3 rings (SSSR count). The molecule has 2 N–H and O–H groups in total. The van der Waals surface area contributed by atoms with Gasteiger partial charge in [0.15, 0.2) is 0 Å². The van der Waals surface area contributed by atoms with Gasteiger partial charge in [-0.25, -0.2) is 0 Å². The fraction of sp³-hybridized carbons (Fsp3) is 0.333. The molecule has 80 valence electrons. The van der Waals surface area contributed by atoms with E-state index in [0.717, 1.165) is 26.3 Å². The Kier molecular flexibility index (Phi) is 3.77. The fourth-order valence-electron chi connectivity index (χ4n) is 1.51. The van der Waals surface area contributed by atoms with E-state index in [4.69, 9.17) is 4.74 Å². The first-order valence-corrected chi connectivity index (χ1v) is 5.27. The topological polar surface area (TPSA) is 37.0 Å². The second-order valence-corrected chi connectivity index (χ2v) is 3.43. The van der Waals surface area contributed by atoms with Crippen molar-refractivity contribution < 1.29 is 4.74 Å². The summed E-state index contributed by atoms with van der Waals surface area (Å²) >= 11 is 0. The third-order valence-corrected chi connectivity index (χ3v) is 2.31. The average molecular weight is 204 g/mol. The highest BCUT2D eigenvalue weighted by atomic mass is 16.5. The van der Waals surface area contributed by atoms with Crippen LogP contribution in [0.25, 0.3) is 10.9 Å². The third kappa shape index (κ3) is 3.08. The number of morpholine rings is 1. The van der Waals surface area contributed by atoms with Crippen LogP contribution in [0, 0.1) is 0 Å². The molecule has 0 unspecified atom stereocenters. The van der Waals surface area contributed by atoms with Gasteiger partial charge in [-0.2, -0.15) is 0 Å². The number of benzene rings is 1. The van der Waals surface area contributed by atoms with Crippen molar-refractivity contribution in [2.75, 3.05) is 26.3 Å². The Bertz CT molecular complexity index is 351. The van der Waals surface area contributed by atoms with Crippen LogP contribution < -0.4 is 5.32 Å². The van der Waals surface area contributed by atoms with Gasteiger partial charge < -0.3 is 15.0 Å². The highest BCUT2D eigenvalue weighted by Gasteiger charge is 1.93. The average Bonchev–Trinajstić information content (AvgIpc) is 2.80. The maximum Gasteiger partial charge on any atom is 0.0591 e. The Morgan fingerprint density at radius 1 is 1.00 bits per heavy atom. The van der Waals surface area contributed by atoms with Crippen molar-refractivity contribution in [3.8, 4) is 0 Å². The lowest BCUT2D eigenvalue weighted by atomic mass is 10.3. The third-order valence-electron chi connectivity index (χ3n) is 2.31. The Morgan fingerprint density at radius 2 is 1.80 bits per heavy atom. The van der Waals surface area contributed by atoms with Crippen molar-refractivity contribution in [1.29, 1.82) is 0 Å². The summed E-state index contributed by atoms with van der Waals surface area (Å²) in [7, 11) is 0. The van der Waals surface area contributed by atoms with Crippen molar-refractivity contribution in [1.82, 2.24) is 10.3 Å². The van der Waals surface area contributed by atoms with E-state index in [1.54, 1.807) is 0 Å². The first-order chi connectivity index (χ1) is 7.47. The molecule has 1 aliphatic rings. The summed E-state index contributed by atoms with van der Waals surface area (Å²) in [4.78, 5) is 3.12. The van der Waals surface area contributed by atoms with Crippen molar-refractivity contribution in [2.45, 2.75) is 0 Å². The van der Waals surface area contributed by atoms with Crippen LogP contribution in [0.15, 0.2) is 36.5 Å². The van der Waals surface area contributed by atoms with E-state index in [1.807, 2.05) is 18.3 Å². The molecule has 1 fully saturated rings. The zero-order chi connectivity index (χ0) is 10.3. The standard InChI is InChI=1S/C8H7N.C4H9NO/c1-2-4-8-7(3-1)5-6-9-8;1-3-6-4-2-5-1/h1-6,9H;5H,1-4H2. The second kappa shape index (κ2) is 5.53. The quantitative estimate of drug-likeness (QED) is 0.686. The van der Waals surface area contributed by atoms with Gasteiger partial charge in [-0.1, -0.05) is 18.2 Å². The molecule has 1 aromatic heterocycles. The SMILES string of the molecule is C1COCCN1.c1ccc2[nH]ccc2c1. The molecule has 1 aromatic carbocycles. The summed E-state index contributed by atoms with van der Waals surface area (Å²) in [5.74, 6) is 0. The number of ether oxygens (including phenoxy) is 1. The van der Waals surface area contributed by atoms with Crippen molar-refractivity contribution in [3.63, 3.8) is 0 Å². The van der Waals surface area contributed by atoms with Gasteiger partial charge in [0.05, 0.1) is 13.2 Å². The number of rotatable bonds is 0. The largest absolute Gasteiger partial charge is 0.379 e. The molecule has 0 aliphatic carbocycles. The smallest absolute Gasteiger partial charge is 0.0591 e. The predicted molar refractivity (Wildman–Crippen MR) is 62.0 cm³/mol. The van der Waals surface area contributed by atoms with Crippen molar-refractivity contribution >= 4 is 10.9 Å². The first kappa shape index (κ1) is 10.2. The van der Waals surface area contributed by atoms with E-state index in [0.29, 0.717) is 0 Å². The summed E-state index contributed by atoms with van der Waals surface area (Å²) in [6, 6.07) is 10.3. The molecule has 2 aromatic rings. The molecule has 0 spiro atoms. The number of hydrogen-bond acceptors (Lipinski definition) is 2. The molecule has 0 amide bonds. The van der Waals surface area contributed by atoms with Crippen LogP contribution >= 0.6 is 0 Å². The van der Waals surface area contributed by atoms with Crippen LogP contribution in [-0.4, -0.2) is 31.3 Å². The zero-order valence-electron chi connectivity index (χ0n) is 8.70. The van der Waals surface area contributed by atoms with E-state index in [9.17, 15) is 0 Å². The summed E-state index contributed by atoms with van der Waals surface area (Å²) in [5.41, 5.74) is 1.21. The van der Waals surface area contributed by atoms with Crippen LogP contribution in [0.5, 0.6) is 0 Å². The Balaban J connectivity index is 0.000000124. The molecule has 0 radical (unpaired) electrons. The van der Waals surface area contributed by atoms with Crippen LogP contribution in [0.1, 0.15) is 0 Å². The lowest BCUT2D eigenvalue weighted by Crippen LogP contribution is -2.30. The van der Waals surface area contributed by atoms with Crippen LogP contribution in [0.2, 0.25) is 0 Å². The Morgan fingerprint density at radius 3 is 2.40 bits per heavy atom. The number of aromatic nitrogens is 1. The number of fused-ring (bicyclic) bond motifs is 1. The predicted octanol–water partition coefficient (Wildman–Crippen LogP) is 1.77. The molecule has 15 heavy (non-hydrogen) atoms. The van der Waals surface area contributed by atoms with Gasteiger partial charge in [0.2, 0.25) is 0 Å². The van der Waals surface area contributed by atoms with Gasteiger partial charge in [0, 0.05) is 24.8 Å². The molecule has 1 aliphatic heterocycles. The second-order valence-electron chi connectivity index (χ2n) is 3.43. The number of H-pyrrole nitrogens is 1. The van der Waals surface area contributed by atoms with Crippen LogP contribution in [0.4, 0.5) is 0 Å². The van der Waals surface area contributed by atoms with E-state index >= 15 is 0 Å². The summed E-state index contributed by atoms with van der Waals surface area (Å²) in [6.45, 7) is 3.83. The first-order valence-electron chi connectivity index (χ1n) is 5.27. The number of para-hydroxylation sites is 1. The lowest BCUT2D eigenvalue weighted by Gasteiger charge is -2.10. The summed E-state index contributed by atoms with van der Waals surface area (Å²) in [5, 5.41) is 4.44. The molecule has 1 saturated heterocycles. The van der Waals surface area contributed by atoms with Gasteiger partial charge in [-0.3, -0.25) is 0 Å². The summed E-state index contributed by atoms with van der Waals surface area (Å²) in [6.07, 6.45) is 1.95. The van der Waals surface area contributed by atoms with Gasteiger partial charge in [-0.15, -0.1) is 0 Å². The maximum atomic E-state index is 5.01. The summed E-state index contributed by atoms with van der Waals surface area (Å²) < 4.78 is 5.01. The number of hydrogen-bond donors (Lipinski definition) is 2. The minimum atomic E-state index is 0.889. The number of aromatic amines is 1. The van der Waals surface area contributed by atoms with Crippen molar-refractivity contribution in [2.24, 2.45) is 0 Å². The molecular formula is C12H16N2O. The van der Waals surface area contributed by atoms with Gasteiger partial charge in [-0.05, 0) is 17.5 Å². The lowest BCUT2D eigenvalue weighted by molar-refractivity contribution is 0.109. The molecule has 2 heterocycles.